The molecule has 4 N–H and O–H groups in total. The van der Waals surface area contributed by atoms with Crippen LogP contribution < -0.4 is 11.5 Å². The summed E-state index contributed by atoms with van der Waals surface area (Å²) in [4.78, 5) is 9.66. The third-order valence-electron chi connectivity index (χ3n) is 1.21. The largest absolute Gasteiger partial charge is 0.468 e. The van der Waals surface area contributed by atoms with E-state index in [1.807, 2.05) is 0 Å². The Morgan fingerprint density at radius 2 is 2.09 bits per heavy atom. The van der Waals surface area contributed by atoms with Crippen molar-refractivity contribution in [3.05, 3.63) is 0 Å². The van der Waals surface area contributed by atoms with Gasteiger partial charge >= 0.3 is 0 Å². The molecule has 0 bridgehead atoms. The third-order valence-corrected chi connectivity index (χ3v) is 1.21. The molecule has 0 rings (SSSR count). The van der Waals surface area contributed by atoms with Gasteiger partial charge < -0.3 is 16.2 Å². The Labute approximate surface area is 77.4 Å². The van der Waals surface area contributed by atoms with Crippen LogP contribution in [0.3, 0.4) is 0 Å². The van der Waals surface area contributed by atoms with Crippen molar-refractivity contribution < 1.29 is 9.53 Å². The van der Waals surface area contributed by atoms with E-state index >= 15 is 0 Å². The van der Waals surface area contributed by atoms with Crippen molar-refractivity contribution in [3.63, 3.8) is 0 Å². The van der Waals surface area contributed by atoms with Crippen molar-refractivity contribution in [2.24, 2.45) is 11.5 Å². The third kappa shape index (κ3) is 9.92. The lowest BCUT2D eigenvalue weighted by molar-refractivity contribution is -0.128. The van der Waals surface area contributed by atoms with Gasteiger partial charge in [-0.1, -0.05) is 0 Å². The minimum Gasteiger partial charge on any atom is -0.468 e. The number of carbonyl (C=O) groups is 1. The highest BCUT2D eigenvalue weighted by Gasteiger charge is 1.99. The Morgan fingerprint density at radius 1 is 1.45 bits per heavy atom. The Hall–Kier alpha value is -0.0775. The molecular weight excluding hydrogens is 159 g/mol. The molecule has 0 saturated carbocycles. The normalized spacial score (nSPS) is 11.5. The van der Waals surface area contributed by atoms with Crippen molar-refractivity contribution in [1.29, 1.82) is 0 Å². The van der Waals surface area contributed by atoms with Crippen molar-refractivity contribution in [2.75, 3.05) is 13.2 Å². The highest BCUT2D eigenvalue weighted by Crippen LogP contribution is 1.91. The number of hydrogen-bond acceptors (Lipinski definition) is 4. The molecule has 0 aliphatic rings. The minimum atomic E-state index is 0. The molecule has 4 nitrogen and oxygen atoms in total. The fraction of sp³-hybridized carbons (Fsp3) is 0.833. The first-order valence-corrected chi connectivity index (χ1v) is 3.32. The molecule has 0 saturated heterocycles. The van der Waals surface area contributed by atoms with Crippen LogP contribution in [0, 0.1) is 0 Å². The number of hydrogen-bond donors (Lipinski definition) is 2. The summed E-state index contributed by atoms with van der Waals surface area (Å²) in [6.07, 6.45) is 1.47. The van der Waals surface area contributed by atoms with E-state index in [9.17, 15) is 4.79 Å². The van der Waals surface area contributed by atoms with Crippen LogP contribution in [0.1, 0.15) is 12.8 Å². The highest BCUT2D eigenvalue weighted by molar-refractivity contribution is 5.75. The van der Waals surface area contributed by atoms with Crippen LogP contribution in [0.4, 0.5) is 0 Å². The van der Waals surface area contributed by atoms with Gasteiger partial charge in [-0.3, -0.25) is 4.79 Å². The molecule has 0 heterocycles. The van der Waals surface area contributed by atoms with Gasteiger partial charge in [-0.15, -0.1) is 0 Å². The van der Waals surface area contributed by atoms with Crippen molar-refractivity contribution >= 4 is 23.8 Å². The topological polar surface area (TPSA) is 78.3 Å². The van der Waals surface area contributed by atoms with Crippen LogP contribution in [0.15, 0.2) is 0 Å². The molecule has 5 heteroatoms. The van der Waals surface area contributed by atoms with Crippen LogP contribution in [-0.2, 0) is 9.53 Å². The zero-order valence-electron chi connectivity index (χ0n) is 5.95. The Kier molecular flexibility index (Phi) is 12.2. The van der Waals surface area contributed by atoms with E-state index in [1.54, 1.807) is 0 Å². The summed E-state index contributed by atoms with van der Waals surface area (Å²) in [5.41, 5.74) is 10.8. The number of rotatable bonds is 6. The second-order valence-corrected chi connectivity index (χ2v) is 2.09. The van der Waals surface area contributed by atoms with Gasteiger partial charge in [0.05, 0.1) is 6.61 Å². The van der Waals surface area contributed by atoms with Gasteiger partial charge in [-0.05, 0) is 19.4 Å². The lowest BCUT2D eigenvalue weighted by atomic mass is 10.2. The van der Waals surface area contributed by atoms with Crippen LogP contribution >= 0.6 is 0 Å². The smallest absolute Gasteiger partial charge is 0.293 e. The van der Waals surface area contributed by atoms with Crippen molar-refractivity contribution in [1.82, 2.24) is 0 Å². The van der Waals surface area contributed by atoms with E-state index in [0.717, 1.165) is 6.42 Å². The molecule has 1 atom stereocenters. The maximum atomic E-state index is 9.66. The van der Waals surface area contributed by atoms with Gasteiger partial charge in [0, 0.05) is 6.04 Å². The van der Waals surface area contributed by atoms with Gasteiger partial charge in [0.25, 0.3) is 6.47 Å². The zero-order chi connectivity index (χ0) is 7.82. The molecule has 0 spiro atoms. The predicted molar refractivity (Wildman–Crippen MR) is 48.2 cm³/mol. The molecule has 66 valence electrons. The molecule has 0 aliphatic carbocycles. The second-order valence-electron chi connectivity index (χ2n) is 2.09. The van der Waals surface area contributed by atoms with Crippen LogP contribution in [0.25, 0.3) is 0 Å². The molecule has 0 fully saturated rings. The average molecular weight is 176 g/mol. The SMILES string of the molecule is NCCC(N)CCOC=O.[AlH3]. The van der Waals surface area contributed by atoms with E-state index in [2.05, 4.69) is 4.74 Å². The number of ether oxygens (including phenoxy) is 1. The van der Waals surface area contributed by atoms with Crippen molar-refractivity contribution in [2.45, 2.75) is 18.9 Å². The van der Waals surface area contributed by atoms with E-state index in [-0.39, 0.29) is 23.4 Å². The first-order chi connectivity index (χ1) is 4.81. The van der Waals surface area contributed by atoms with Crippen LogP contribution in [-0.4, -0.2) is 43.0 Å². The molecule has 0 radical (unpaired) electrons. The molecule has 0 aromatic rings. The van der Waals surface area contributed by atoms with Gasteiger partial charge in [-0.25, -0.2) is 0 Å². The molecule has 0 aromatic carbocycles. The quantitative estimate of drug-likeness (QED) is 0.280. The molecule has 0 aliphatic heterocycles. The average Bonchev–Trinajstić information content (AvgIpc) is 1.89. The van der Waals surface area contributed by atoms with E-state index < -0.39 is 0 Å². The highest BCUT2D eigenvalue weighted by atomic mass is 27.0. The monoisotopic (exact) mass is 176 g/mol. The van der Waals surface area contributed by atoms with E-state index in [0.29, 0.717) is 26.0 Å². The number of nitrogens with two attached hydrogens (primary N) is 2. The lowest BCUT2D eigenvalue weighted by Crippen LogP contribution is -2.25. The Balaban J connectivity index is 0. The molecule has 0 amide bonds. The molecule has 11 heavy (non-hydrogen) atoms. The van der Waals surface area contributed by atoms with E-state index in [1.165, 1.54) is 0 Å². The summed E-state index contributed by atoms with van der Waals surface area (Å²) in [7, 11) is 0. The molecule has 0 aromatic heterocycles. The summed E-state index contributed by atoms with van der Waals surface area (Å²) in [6.45, 7) is 1.40. The fourth-order valence-electron chi connectivity index (χ4n) is 0.626. The van der Waals surface area contributed by atoms with Gasteiger partial charge in [-0.2, -0.15) is 0 Å². The second kappa shape index (κ2) is 9.92. The van der Waals surface area contributed by atoms with Crippen LogP contribution in [0.5, 0.6) is 0 Å². The van der Waals surface area contributed by atoms with Gasteiger partial charge in [0.15, 0.2) is 17.4 Å². The summed E-state index contributed by atoms with van der Waals surface area (Å²) in [5, 5.41) is 0. The van der Waals surface area contributed by atoms with Gasteiger partial charge in [0.2, 0.25) is 0 Å². The van der Waals surface area contributed by atoms with E-state index in [4.69, 9.17) is 11.5 Å². The summed E-state index contributed by atoms with van der Waals surface area (Å²) < 4.78 is 4.45. The first kappa shape index (κ1) is 13.5. The lowest BCUT2D eigenvalue weighted by Gasteiger charge is -2.07. The minimum absolute atomic E-state index is 0. The van der Waals surface area contributed by atoms with Crippen molar-refractivity contribution in [3.8, 4) is 0 Å². The summed E-state index contributed by atoms with van der Waals surface area (Å²) in [5.74, 6) is 0. The Morgan fingerprint density at radius 3 is 2.55 bits per heavy atom. The first-order valence-electron chi connectivity index (χ1n) is 3.32. The summed E-state index contributed by atoms with van der Waals surface area (Å²) in [6, 6.07) is 0.0601. The number of carbonyl (C=O) groups excluding carboxylic acids is 1. The Bertz CT molecular complexity index is 92.7. The standard InChI is InChI=1S/C6H14N2O2.Al.3H/c7-3-1-6(8)2-4-10-5-9;;;;/h5-6H,1-4,7-8H2;;;;. The molecule has 1 unspecified atom stereocenters. The van der Waals surface area contributed by atoms with Crippen LogP contribution in [0.2, 0.25) is 0 Å². The molecular formula is C6H17AlN2O2. The maximum Gasteiger partial charge on any atom is 0.293 e. The maximum absolute atomic E-state index is 9.66. The zero-order valence-corrected chi connectivity index (χ0v) is 5.95. The fourth-order valence-corrected chi connectivity index (χ4v) is 0.626. The predicted octanol–water partition coefficient (Wildman–Crippen LogP) is -1.96. The van der Waals surface area contributed by atoms with Gasteiger partial charge in [0.1, 0.15) is 0 Å². The summed E-state index contributed by atoms with van der Waals surface area (Å²) >= 11 is 0.